The second kappa shape index (κ2) is 6.47. The van der Waals surface area contributed by atoms with Gasteiger partial charge >= 0.3 is 6.18 Å². The van der Waals surface area contributed by atoms with Gasteiger partial charge < -0.3 is 10.3 Å². The lowest BCUT2D eigenvalue weighted by Gasteiger charge is -2.17. The second-order valence-corrected chi connectivity index (χ2v) is 7.51. The smallest absolute Gasteiger partial charge is 0.364 e. The number of nitrogens with zero attached hydrogens (tertiary/aromatic N) is 3. The van der Waals surface area contributed by atoms with Crippen LogP contribution in [0.15, 0.2) is 36.9 Å². The van der Waals surface area contributed by atoms with Crippen molar-refractivity contribution in [2.75, 3.05) is 0 Å². The third-order valence-electron chi connectivity index (χ3n) is 5.81. The quantitative estimate of drug-likeness (QED) is 0.680. The van der Waals surface area contributed by atoms with Gasteiger partial charge in [-0.1, -0.05) is 6.07 Å². The molecule has 3 aromatic heterocycles. The number of halogens is 3. The molecule has 152 valence electrons. The van der Waals surface area contributed by atoms with Gasteiger partial charge in [-0.2, -0.15) is 18.3 Å². The first-order chi connectivity index (χ1) is 13.6. The lowest BCUT2D eigenvalue weighted by molar-refractivity contribution is -0.141. The minimum absolute atomic E-state index is 0.190. The Hall–Kier alpha value is -3.10. The van der Waals surface area contributed by atoms with Crippen LogP contribution in [0.2, 0.25) is 0 Å². The molecule has 1 amide bonds. The number of hydrogen-bond acceptors (Lipinski definition) is 3. The van der Waals surface area contributed by atoms with E-state index in [1.54, 1.807) is 12.4 Å². The summed E-state index contributed by atoms with van der Waals surface area (Å²) < 4.78 is 40.4. The van der Waals surface area contributed by atoms with Gasteiger partial charge in [0.25, 0.3) is 5.91 Å². The van der Waals surface area contributed by atoms with E-state index in [2.05, 4.69) is 15.2 Å². The maximum atomic E-state index is 12.9. The summed E-state index contributed by atoms with van der Waals surface area (Å²) in [5.41, 5.74) is 7.91. The number of carbonyl (C=O) groups excluding carboxylic acids is 1. The van der Waals surface area contributed by atoms with Crippen molar-refractivity contribution in [3.63, 3.8) is 0 Å². The largest absolute Gasteiger partial charge is 0.433 e. The summed E-state index contributed by atoms with van der Waals surface area (Å²) in [7, 11) is 0. The fourth-order valence-corrected chi connectivity index (χ4v) is 4.05. The Kier molecular flexibility index (Phi) is 4.29. The average molecular weight is 403 g/mol. The molecule has 3 heterocycles. The second-order valence-electron chi connectivity index (χ2n) is 7.51. The SMILES string of the molecule is Cc1c(C2(c3ccc(C(F)(F)F)nc3)CC2)cn(C(C)c2cn[nH]c2)c1C(N)=O. The molecule has 3 N–H and O–H groups in total. The first-order valence-corrected chi connectivity index (χ1v) is 9.19. The van der Waals surface area contributed by atoms with E-state index in [4.69, 9.17) is 5.73 Å². The predicted octanol–water partition coefficient (Wildman–Crippen LogP) is 3.72. The molecule has 1 atom stereocenters. The van der Waals surface area contributed by atoms with Gasteiger partial charge in [-0.15, -0.1) is 0 Å². The van der Waals surface area contributed by atoms with Gasteiger partial charge in [0.05, 0.1) is 12.2 Å². The molecule has 0 bridgehead atoms. The number of pyridine rings is 1. The van der Waals surface area contributed by atoms with Crippen LogP contribution >= 0.6 is 0 Å². The van der Waals surface area contributed by atoms with Crippen molar-refractivity contribution in [3.8, 4) is 0 Å². The van der Waals surface area contributed by atoms with Crippen LogP contribution in [-0.2, 0) is 11.6 Å². The molecule has 1 unspecified atom stereocenters. The maximum Gasteiger partial charge on any atom is 0.433 e. The Morgan fingerprint density at radius 2 is 2.03 bits per heavy atom. The maximum absolute atomic E-state index is 12.9. The molecule has 1 saturated carbocycles. The van der Waals surface area contributed by atoms with Crippen LogP contribution in [0.25, 0.3) is 0 Å². The highest BCUT2D eigenvalue weighted by Crippen LogP contribution is 2.55. The molecule has 0 aromatic carbocycles. The summed E-state index contributed by atoms with van der Waals surface area (Å²) in [6, 6.07) is 2.29. The number of carbonyl (C=O) groups is 1. The molecule has 6 nitrogen and oxygen atoms in total. The highest BCUT2D eigenvalue weighted by molar-refractivity contribution is 5.93. The van der Waals surface area contributed by atoms with E-state index in [-0.39, 0.29) is 6.04 Å². The number of aromatic amines is 1. The first-order valence-electron chi connectivity index (χ1n) is 9.19. The van der Waals surface area contributed by atoms with Gasteiger partial charge in [0.1, 0.15) is 11.4 Å². The van der Waals surface area contributed by atoms with Crippen molar-refractivity contribution in [1.29, 1.82) is 0 Å². The molecule has 3 aromatic rings. The number of H-pyrrole nitrogens is 1. The highest BCUT2D eigenvalue weighted by atomic mass is 19.4. The van der Waals surface area contributed by atoms with E-state index in [9.17, 15) is 18.0 Å². The number of aromatic nitrogens is 4. The molecular weight excluding hydrogens is 383 g/mol. The van der Waals surface area contributed by atoms with E-state index < -0.39 is 23.2 Å². The van der Waals surface area contributed by atoms with Gasteiger partial charge in [-0.25, -0.2) is 0 Å². The first kappa shape index (κ1) is 19.2. The van der Waals surface area contributed by atoms with Crippen LogP contribution in [0.5, 0.6) is 0 Å². The van der Waals surface area contributed by atoms with Crippen LogP contribution in [-0.4, -0.2) is 25.7 Å². The number of nitrogens with two attached hydrogens (primary N) is 1. The summed E-state index contributed by atoms with van der Waals surface area (Å²) in [6.45, 7) is 3.76. The summed E-state index contributed by atoms with van der Waals surface area (Å²) in [5.74, 6) is -0.551. The monoisotopic (exact) mass is 403 g/mol. The molecule has 1 fully saturated rings. The summed E-state index contributed by atoms with van der Waals surface area (Å²) in [4.78, 5) is 15.8. The molecular formula is C20H20F3N5O. The van der Waals surface area contributed by atoms with Gasteiger partial charge in [-0.05, 0) is 49.4 Å². The molecule has 0 spiro atoms. The molecule has 0 radical (unpaired) electrons. The fourth-order valence-electron chi connectivity index (χ4n) is 4.05. The number of hydrogen-bond donors (Lipinski definition) is 2. The van der Waals surface area contributed by atoms with Crippen LogP contribution in [0.1, 0.15) is 64.2 Å². The third kappa shape index (κ3) is 3.10. The standard InChI is InChI=1S/C20H20F3N5O/c1-11-15(10-28(17(11)18(24)29)12(2)13-7-26-27-8-13)19(5-6-19)14-3-4-16(25-9-14)20(21,22)23/h3-4,7-10,12H,5-6H2,1-2H3,(H2,24,29)(H,26,27). The average Bonchev–Trinajstić information content (AvgIpc) is 3.12. The zero-order chi connectivity index (χ0) is 21.0. The number of rotatable bonds is 5. The van der Waals surface area contributed by atoms with Gasteiger partial charge in [0.2, 0.25) is 0 Å². The number of amides is 1. The number of primary amides is 1. The van der Waals surface area contributed by atoms with E-state index in [0.29, 0.717) is 11.3 Å². The minimum atomic E-state index is -4.48. The van der Waals surface area contributed by atoms with Crippen LogP contribution in [0.4, 0.5) is 13.2 Å². The van der Waals surface area contributed by atoms with Crippen LogP contribution in [0.3, 0.4) is 0 Å². The van der Waals surface area contributed by atoms with Crippen molar-refractivity contribution in [2.24, 2.45) is 5.73 Å². The zero-order valence-electron chi connectivity index (χ0n) is 15.9. The van der Waals surface area contributed by atoms with Gasteiger partial charge in [-0.3, -0.25) is 14.9 Å². The van der Waals surface area contributed by atoms with E-state index in [0.717, 1.165) is 35.6 Å². The summed E-state index contributed by atoms with van der Waals surface area (Å²) in [5, 5.41) is 6.71. The van der Waals surface area contributed by atoms with Gasteiger partial charge in [0.15, 0.2) is 0 Å². The van der Waals surface area contributed by atoms with Gasteiger partial charge in [0, 0.05) is 29.6 Å². The summed E-state index contributed by atoms with van der Waals surface area (Å²) >= 11 is 0. The summed E-state index contributed by atoms with van der Waals surface area (Å²) in [6.07, 6.45) is 3.65. The molecule has 29 heavy (non-hydrogen) atoms. The Labute approximate surface area is 164 Å². The van der Waals surface area contributed by atoms with E-state index in [1.807, 2.05) is 24.6 Å². The number of alkyl halides is 3. The zero-order valence-corrected chi connectivity index (χ0v) is 15.9. The number of nitrogens with one attached hydrogen (secondary N) is 1. The van der Waals surface area contributed by atoms with Crippen LogP contribution < -0.4 is 5.73 Å². The van der Waals surface area contributed by atoms with Crippen molar-refractivity contribution < 1.29 is 18.0 Å². The highest BCUT2D eigenvalue weighted by Gasteiger charge is 2.49. The Morgan fingerprint density at radius 3 is 2.52 bits per heavy atom. The van der Waals surface area contributed by atoms with Crippen molar-refractivity contribution >= 4 is 5.91 Å². The Morgan fingerprint density at radius 1 is 1.31 bits per heavy atom. The minimum Gasteiger partial charge on any atom is -0.364 e. The van der Waals surface area contributed by atoms with Crippen molar-refractivity contribution in [3.05, 3.63) is 70.6 Å². The van der Waals surface area contributed by atoms with E-state index in [1.165, 1.54) is 12.3 Å². The molecule has 9 heteroatoms. The Balaban J connectivity index is 1.79. The topological polar surface area (TPSA) is 89.6 Å². The molecule has 1 aliphatic carbocycles. The van der Waals surface area contributed by atoms with Crippen LogP contribution in [0, 0.1) is 6.92 Å². The normalized spacial score (nSPS) is 16.6. The Bertz CT molecular complexity index is 1050. The van der Waals surface area contributed by atoms with Crippen molar-refractivity contribution in [2.45, 2.75) is 44.3 Å². The predicted molar refractivity (Wildman–Crippen MR) is 99.3 cm³/mol. The third-order valence-corrected chi connectivity index (χ3v) is 5.81. The molecule has 4 rings (SSSR count). The van der Waals surface area contributed by atoms with Crippen molar-refractivity contribution in [1.82, 2.24) is 19.7 Å². The van der Waals surface area contributed by atoms with E-state index >= 15 is 0 Å². The molecule has 0 aliphatic heterocycles. The molecule has 1 aliphatic rings. The molecule has 0 saturated heterocycles. The fraction of sp³-hybridized carbons (Fsp3) is 0.350. The lowest BCUT2D eigenvalue weighted by atomic mass is 9.88. The lowest BCUT2D eigenvalue weighted by Crippen LogP contribution is -2.20.